The summed E-state index contributed by atoms with van der Waals surface area (Å²) in [5.41, 5.74) is 3.17. The third-order valence-corrected chi connectivity index (χ3v) is 5.20. The van der Waals surface area contributed by atoms with E-state index < -0.39 is 0 Å². The summed E-state index contributed by atoms with van der Waals surface area (Å²) in [6, 6.07) is 18.0. The normalized spacial score (nSPS) is 18.4. The number of hydrogen-bond donors (Lipinski definition) is 0. The van der Waals surface area contributed by atoms with Crippen molar-refractivity contribution >= 4 is 21.5 Å². The first kappa shape index (κ1) is 16.0. The van der Waals surface area contributed by atoms with Crippen molar-refractivity contribution in [3.63, 3.8) is 0 Å². The highest BCUT2D eigenvalue weighted by Crippen LogP contribution is 2.34. The average molecular weight is 328 g/mol. The van der Waals surface area contributed by atoms with Crippen molar-refractivity contribution in [1.29, 1.82) is 0 Å². The second-order valence-electron chi connectivity index (χ2n) is 7.02. The Morgan fingerprint density at radius 2 is 1.76 bits per heavy atom. The number of allylic oxidation sites excluding steroid dienone is 2. The largest absolute Gasteiger partial charge is 0.497 e. The van der Waals surface area contributed by atoms with Gasteiger partial charge in [0.2, 0.25) is 0 Å². The Hall–Kier alpha value is -2.54. The van der Waals surface area contributed by atoms with E-state index in [0.29, 0.717) is 0 Å². The molecule has 1 aliphatic carbocycles. The summed E-state index contributed by atoms with van der Waals surface area (Å²) < 4.78 is 4.80. The van der Waals surface area contributed by atoms with Crippen molar-refractivity contribution < 1.29 is 4.74 Å². The van der Waals surface area contributed by atoms with Gasteiger partial charge in [0.25, 0.3) is 0 Å². The maximum Gasteiger partial charge on any atom is 0.106 e. The summed E-state index contributed by atoms with van der Waals surface area (Å²) in [6.45, 7) is 3.10. The van der Waals surface area contributed by atoms with Crippen molar-refractivity contribution in [2.75, 3.05) is 6.61 Å². The molecule has 1 unspecified atom stereocenters. The van der Waals surface area contributed by atoms with Crippen LogP contribution >= 0.6 is 0 Å². The maximum absolute atomic E-state index is 4.80. The number of ether oxygens (including phenoxy) is 1. The summed E-state index contributed by atoms with van der Waals surface area (Å²) in [5, 5.41) is 5.63. The van der Waals surface area contributed by atoms with Crippen LogP contribution in [0, 0.1) is 5.92 Å². The third-order valence-electron chi connectivity index (χ3n) is 5.20. The first-order valence-electron chi connectivity index (χ1n) is 9.18. The van der Waals surface area contributed by atoms with Gasteiger partial charge in [0.15, 0.2) is 0 Å². The minimum absolute atomic E-state index is 0.733. The molecule has 0 saturated heterocycles. The fraction of sp³-hybridized carbons (Fsp3) is 0.250. The number of fused-ring (bicyclic) bond motifs is 5. The molecule has 0 saturated carbocycles. The molecule has 1 nitrogen and oxygen atoms in total. The fourth-order valence-electron chi connectivity index (χ4n) is 3.90. The Bertz CT molecular complexity index is 937. The SMILES string of the molecule is C1=CCOC=C1.CC1CCc2c(ccc3c2ccc2ccccc23)C1. The van der Waals surface area contributed by atoms with Gasteiger partial charge in [0, 0.05) is 0 Å². The van der Waals surface area contributed by atoms with Crippen LogP contribution in [-0.2, 0) is 17.6 Å². The van der Waals surface area contributed by atoms with Gasteiger partial charge in [-0.25, -0.2) is 0 Å². The number of aryl methyl sites for hydroxylation is 1. The zero-order valence-corrected chi connectivity index (χ0v) is 14.7. The third kappa shape index (κ3) is 3.32. The lowest BCUT2D eigenvalue weighted by atomic mass is 9.82. The molecular weight excluding hydrogens is 304 g/mol. The molecule has 0 N–H and O–H groups in total. The van der Waals surface area contributed by atoms with E-state index in [2.05, 4.69) is 55.5 Å². The lowest BCUT2D eigenvalue weighted by molar-refractivity contribution is 0.286. The van der Waals surface area contributed by atoms with E-state index in [-0.39, 0.29) is 0 Å². The van der Waals surface area contributed by atoms with Crippen molar-refractivity contribution in [1.82, 2.24) is 0 Å². The zero-order valence-electron chi connectivity index (χ0n) is 14.7. The van der Waals surface area contributed by atoms with Crippen LogP contribution in [0.2, 0.25) is 0 Å². The average Bonchev–Trinajstić information content (AvgIpc) is 2.69. The molecule has 3 aromatic rings. The monoisotopic (exact) mass is 328 g/mol. The highest BCUT2D eigenvalue weighted by molar-refractivity contribution is 6.08. The summed E-state index contributed by atoms with van der Waals surface area (Å²) in [7, 11) is 0. The molecular formula is C24H24O. The summed E-state index contributed by atoms with van der Waals surface area (Å²) in [4.78, 5) is 0. The van der Waals surface area contributed by atoms with Crippen molar-refractivity contribution in [2.45, 2.75) is 26.2 Å². The molecule has 5 rings (SSSR count). The van der Waals surface area contributed by atoms with Gasteiger partial charge in [-0.3, -0.25) is 0 Å². The number of hydrogen-bond acceptors (Lipinski definition) is 1. The summed E-state index contributed by atoms with van der Waals surface area (Å²) in [5.74, 6) is 0.838. The van der Waals surface area contributed by atoms with Crippen molar-refractivity contribution in [3.05, 3.63) is 84.1 Å². The van der Waals surface area contributed by atoms with Crippen molar-refractivity contribution in [3.8, 4) is 0 Å². The Kier molecular flexibility index (Phi) is 4.56. The standard InChI is InChI=1S/C19H18.C5H6O/c1-13-6-9-17-15(12-13)8-11-18-16-5-3-2-4-14(16)7-10-19(17)18;1-2-4-6-5-3-1/h2-5,7-8,10-11,13H,6,9,12H2,1H3;1-4H,5H2. The first-order valence-corrected chi connectivity index (χ1v) is 9.18. The Morgan fingerprint density at radius 1 is 0.880 bits per heavy atom. The van der Waals surface area contributed by atoms with E-state index in [1.165, 1.54) is 40.8 Å². The zero-order chi connectivity index (χ0) is 17.1. The molecule has 0 amide bonds. The van der Waals surface area contributed by atoms with E-state index in [1.807, 2.05) is 18.2 Å². The van der Waals surface area contributed by atoms with Gasteiger partial charge < -0.3 is 4.74 Å². The second kappa shape index (κ2) is 7.14. The molecule has 1 atom stereocenters. The minimum Gasteiger partial charge on any atom is -0.497 e. The molecule has 0 fully saturated rings. The topological polar surface area (TPSA) is 9.23 Å². The number of rotatable bonds is 0. The van der Waals surface area contributed by atoms with E-state index >= 15 is 0 Å². The molecule has 1 heteroatoms. The predicted octanol–water partition coefficient (Wildman–Crippen LogP) is 6.20. The van der Waals surface area contributed by atoms with Gasteiger partial charge in [-0.1, -0.05) is 61.5 Å². The summed E-state index contributed by atoms with van der Waals surface area (Å²) >= 11 is 0. The second-order valence-corrected chi connectivity index (χ2v) is 7.02. The lowest BCUT2D eigenvalue weighted by Gasteiger charge is -2.23. The molecule has 1 aliphatic heterocycles. The van der Waals surface area contributed by atoms with Crippen LogP contribution in [0.25, 0.3) is 21.5 Å². The van der Waals surface area contributed by atoms with Crippen LogP contribution in [0.4, 0.5) is 0 Å². The van der Waals surface area contributed by atoms with Gasteiger partial charge in [-0.05, 0) is 70.0 Å². The molecule has 126 valence electrons. The Labute approximate surface area is 149 Å². The molecule has 0 aromatic heterocycles. The van der Waals surface area contributed by atoms with Gasteiger partial charge in [-0.2, -0.15) is 0 Å². The molecule has 0 radical (unpaired) electrons. The Morgan fingerprint density at radius 3 is 2.52 bits per heavy atom. The fourth-order valence-corrected chi connectivity index (χ4v) is 3.90. The minimum atomic E-state index is 0.733. The summed E-state index contributed by atoms with van der Waals surface area (Å²) in [6.07, 6.45) is 11.3. The van der Waals surface area contributed by atoms with Gasteiger partial charge in [0.1, 0.15) is 6.61 Å². The molecule has 2 aliphatic rings. The van der Waals surface area contributed by atoms with Crippen LogP contribution in [0.1, 0.15) is 24.5 Å². The molecule has 0 bridgehead atoms. The van der Waals surface area contributed by atoms with Crippen LogP contribution in [0.3, 0.4) is 0 Å². The molecule has 1 heterocycles. The van der Waals surface area contributed by atoms with Crippen LogP contribution in [-0.4, -0.2) is 6.61 Å². The lowest BCUT2D eigenvalue weighted by Crippen LogP contribution is -2.11. The van der Waals surface area contributed by atoms with Crippen molar-refractivity contribution in [2.24, 2.45) is 5.92 Å². The first-order chi connectivity index (χ1) is 12.3. The molecule has 3 aromatic carbocycles. The smallest absolute Gasteiger partial charge is 0.106 e. The molecule has 25 heavy (non-hydrogen) atoms. The van der Waals surface area contributed by atoms with E-state index in [9.17, 15) is 0 Å². The predicted molar refractivity (Wildman–Crippen MR) is 107 cm³/mol. The Balaban J connectivity index is 0.000000223. The van der Waals surface area contributed by atoms with E-state index in [4.69, 9.17) is 4.74 Å². The van der Waals surface area contributed by atoms with E-state index in [0.717, 1.165) is 12.5 Å². The number of benzene rings is 3. The molecule has 0 spiro atoms. The van der Waals surface area contributed by atoms with Gasteiger partial charge >= 0.3 is 0 Å². The van der Waals surface area contributed by atoms with Gasteiger partial charge in [-0.15, -0.1) is 0 Å². The van der Waals surface area contributed by atoms with Crippen LogP contribution in [0.15, 0.2) is 73.0 Å². The van der Waals surface area contributed by atoms with Gasteiger partial charge in [0.05, 0.1) is 6.26 Å². The highest BCUT2D eigenvalue weighted by atomic mass is 16.5. The highest BCUT2D eigenvalue weighted by Gasteiger charge is 2.17. The van der Waals surface area contributed by atoms with Crippen LogP contribution < -0.4 is 0 Å². The quantitative estimate of drug-likeness (QED) is 0.446. The maximum atomic E-state index is 4.80. The van der Waals surface area contributed by atoms with Crippen LogP contribution in [0.5, 0.6) is 0 Å². The van der Waals surface area contributed by atoms with E-state index in [1.54, 1.807) is 17.4 Å².